The number of hydrogen-bond acceptors (Lipinski definition) is 3. The Bertz CT molecular complexity index is 523. The highest BCUT2D eigenvalue weighted by Gasteiger charge is 2.25. The van der Waals surface area contributed by atoms with Gasteiger partial charge in [-0.25, -0.2) is 13.1 Å². The monoisotopic (exact) mass is 268 g/mol. The zero-order chi connectivity index (χ0) is 13.3. The van der Waals surface area contributed by atoms with Crippen molar-refractivity contribution in [3.05, 3.63) is 28.8 Å². The van der Waals surface area contributed by atoms with Crippen molar-refractivity contribution in [2.75, 3.05) is 13.1 Å². The predicted molar refractivity (Wildman–Crippen MR) is 72.2 cm³/mol. The van der Waals surface area contributed by atoms with E-state index in [1.54, 1.807) is 0 Å². The lowest BCUT2D eigenvalue weighted by Gasteiger charge is -2.16. The van der Waals surface area contributed by atoms with Gasteiger partial charge in [0.05, 0.1) is 4.90 Å². The topological polar surface area (TPSA) is 58.2 Å². The Balaban J connectivity index is 2.34. The Hall–Kier alpha value is -0.910. The maximum Gasteiger partial charge on any atom is 0.241 e. The fourth-order valence-electron chi connectivity index (χ4n) is 2.62. The predicted octanol–water partition coefficient (Wildman–Crippen LogP) is 1.25. The first kappa shape index (κ1) is 13.5. The van der Waals surface area contributed by atoms with Crippen molar-refractivity contribution < 1.29 is 8.42 Å². The zero-order valence-corrected chi connectivity index (χ0v) is 11.9. The number of benzene rings is 1. The summed E-state index contributed by atoms with van der Waals surface area (Å²) >= 11 is 0. The quantitative estimate of drug-likeness (QED) is 0.867. The average Bonchev–Trinajstić information content (AvgIpc) is 2.66. The first-order valence-corrected chi connectivity index (χ1v) is 7.69. The summed E-state index contributed by atoms with van der Waals surface area (Å²) in [6.45, 7) is 7.26. The van der Waals surface area contributed by atoms with Gasteiger partial charge in [-0.1, -0.05) is 17.7 Å². The Morgan fingerprint density at radius 3 is 2.33 bits per heavy atom. The van der Waals surface area contributed by atoms with Gasteiger partial charge in [-0.05, 0) is 44.9 Å². The molecule has 100 valence electrons. The molecule has 0 unspecified atom stereocenters. The van der Waals surface area contributed by atoms with Crippen LogP contribution in [0.5, 0.6) is 0 Å². The molecule has 0 saturated carbocycles. The summed E-state index contributed by atoms with van der Waals surface area (Å²) in [6.07, 6.45) is 0.850. The molecule has 1 heterocycles. The minimum atomic E-state index is -3.41. The van der Waals surface area contributed by atoms with E-state index in [2.05, 4.69) is 10.0 Å². The van der Waals surface area contributed by atoms with E-state index in [9.17, 15) is 8.42 Å². The molecule has 2 N–H and O–H groups in total. The van der Waals surface area contributed by atoms with Gasteiger partial charge >= 0.3 is 0 Å². The van der Waals surface area contributed by atoms with Crippen LogP contribution in [0.4, 0.5) is 0 Å². The Kier molecular flexibility index (Phi) is 3.75. The molecular formula is C13H20N2O2S. The van der Waals surface area contributed by atoms with Crippen molar-refractivity contribution in [1.82, 2.24) is 10.0 Å². The lowest BCUT2D eigenvalue weighted by Crippen LogP contribution is -2.36. The van der Waals surface area contributed by atoms with Gasteiger partial charge in [0.25, 0.3) is 0 Å². The van der Waals surface area contributed by atoms with E-state index in [1.807, 2.05) is 32.9 Å². The molecule has 4 nitrogen and oxygen atoms in total. The molecule has 1 aliphatic heterocycles. The van der Waals surface area contributed by atoms with Crippen molar-refractivity contribution >= 4 is 10.0 Å². The third kappa shape index (κ3) is 2.74. The highest BCUT2D eigenvalue weighted by molar-refractivity contribution is 7.89. The summed E-state index contributed by atoms with van der Waals surface area (Å²) in [6, 6.07) is 3.83. The van der Waals surface area contributed by atoms with Crippen LogP contribution in [0.2, 0.25) is 0 Å². The second-order valence-electron chi connectivity index (χ2n) is 5.04. The maximum absolute atomic E-state index is 12.4. The van der Waals surface area contributed by atoms with Crippen molar-refractivity contribution in [2.24, 2.45) is 0 Å². The number of sulfonamides is 1. The van der Waals surface area contributed by atoms with E-state index in [0.717, 1.165) is 29.7 Å². The van der Waals surface area contributed by atoms with Gasteiger partial charge in [-0.15, -0.1) is 0 Å². The summed E-state index contributed by atoms with van der Waals surface area (Å²) in [5, 5.41) is 3.16. The van der Waals surface area contributed by atoms with Crippen LogP contribution in [0, 0.1) is 20.8 Å². The van der Waals surface area contributed by atoms with Crippen molar-refractivity contribution in [3.63, 3.8) is 0 Å². The van der Waals surface area contributed by atoms with Crippen LogP contribution < -0.4 is 10.0 Å². The molecule has 0 aliphatic carbocycles. The smallest absolute Gasteiger partial charge is 0.241 e. The lowest BCUT2D eigenvalue weighted by molar-refractivity contribution is 0.559. The summed E-state index contributed by atoms with van der Waals surface area (Å²) in [5.74, 6) is 0. The highest BCUT2D eigenvalue weighted by Crippen LogP contribution is 2.22. The summed E-state index contributed by atoms with van der Waals surface area (Å²) in [7, 11) is -3.41. The lowest BCUT2D eigenvalue weighted by atomic mass is 10.1. The molecule has 1 aliphatic rings. The van der Waals surface area contributed by atoms with Crippen molar-refractivity contribution in [1.29, 1.82) is 0 Å². The SMILES string of the molecule is Cc1cc(C)c(S(=O)(=O)N[C@@H]2CCNC2)c(C)c1. The Morgan fingerprint density at radius 1 is 1.22 bits per heavy atom. The van der Waals surface area contributed by atoms with Crippen LogP contribution in [0.25, 0.3) is 0 Å². The molecule has 0 spiro atoms. The standard InChI is InChI=1S/C13H20N2O2S/c1-9-6-10(2)13(11(3)7-9)18(16,17)15-12-4-5-14-8-12/h6-7,12,14-15H,4-5,8H2,1-3H3/t12-/m1/s1. The van der Waals surface area contributed by atoms with Gasteiger partial charge in [-0.3, -0.25) is 0 Å². The third-order valence-corrected chi connectivity index (χ3v) is 5.08. The molecule has 1 atom stereocenters. The van der Waals surface area contributed by atoms with Gasteiger partial charge in [0, 0.05) is 12.6 Å². The minimum absolute atomic E-state index is 0.00935. The van der Waals surface area contributed by atoms with Gasteiger partial charge in [0.1, 0.15) is 0 Å². The highest BCUT2D eigenvalue weighted by atomic mass is 32.2. The molecule has 0 aromatic heterocycles. The largest absolute Gasteiger partial charge is 0.315 e. The summed E-state index contributed by atoms with van der Waals surface area (Å²) in [4.78, 5) is 0.431. The van der Waals surface area contributed by atoms with Crippen LogP contribution in [-0.2, 0) is 10.0 Å². The van der Waals surface area contributed by atoms with E-state index in [-0.39, 0.29) is 6.04 Å². The number of aryl methyl sites for hydroxylation is 3. The van der Waals surface area contributed by atoms with E-state index in [0.29, 0.717) is 11.4 Å². The first-order chi connectivity index (χ1) is 8.40. The van der Waals surface area contributed by atoms with Crippen LogP contribution in [0.3, 0.4) is 0 Å². The van der Waals surface area contributed by atoms with Crippen LogP contribution in [0.15, 0.2) is 17.0 Å². The molecule has 18 heavy (non-hydrogen) atoms. The second kappa shape index (κ2) is 4.99. The molecule has 1 saturated heterocycles. The van der Waals surface area contributed by atoms with Gasteiger partial charge in [-0.2, -0.15) is 0 Å². The van der Waals surface area contributed by atoms with Gasteiger partial charge in [0.2, 0.25) is 10.0 Å². The average molecular weight is 268 g/mol. The number of hydrogen-bond donors (Lipinski definition) is 2. The third-order valence-electron chi connectivity index (χ3n) is 3.26. The van der Waals surface area contributed by atoms with Crippen LogP contribution in [0.1, 0.15) is 23.1 Å². The molecule has 1 aromatic carbocycles. The maximum atomic E-state index is 12.4. The first-order valence-electron chi connectivity index (χ1n) is 6.21. The van der Waals surface area contributed by atoms with Crippen LogP contribution >= 0.6 is 0 Å². The number of nitrogens with one attached hydrogen (secondary N) is 2. The molecule has 2 rings (SSSR count). The number of rotatable bonds is 3. The van der Waals surface area contributed by atoms with E-state index >= 15 is 0 Å². The molecular weight excluding hydrogens is 248 g/mol. The minimum Gasteiger partial charge on any atom is -0.315 e. The molecule has 0 radical (unpaired) electrons. The second-order valence-corrected chi connectivity index (χ2v) is 6.69. The normalized spacial score (nSPS) is 20.3. The van der Waals surface area contributed by atoms with Gasteiger partial charge < -0.3 is 5.32 Å². The summed E-state index contributed by atoms with van der Waals surface area (Å²) in [5.41, 5.74) is 2.71. The molecule has 5 heteroatoms. The molecule has 0 bridgehead atoms. The van der Waals surface area contributed by atoms with Crippen molar-refractivity contribution in [2.45, 2.75) is 38.1 Å². The van der Waals surface area contributed by atoms with Gasteiger partial charge in [0.15, 0.2) is 0 Å². The fourth-order valence-corrected chi connectivity index (χ4v) is 4.35. The van der Waals surface area contributed by atoms with E-state index < -0.39 is 10.0 Å². The van der Waals surface area contributed by atoms with Crippen LogP contribution in [-0.4, -0.2) is 27.5 Å². The van der Waals surface area contributed by atoms with E-state index in [4.69, 9.17) is 0 Å². The Morgan fingerprint density at radius 2 is 1.83 bits per heavy atom. The molecule has 0 amide bonds. The zero-order valence-electron chi connectivity index (χ0n) is 11.1. The van der Waals surface area contributed by atoms with E-state index in [1.165, 1.54) is 0 Å². The summed E-state index contributed by atoms with van der Waals surface area (Å²) < 4.78 is 27.6. The molecule has 1 fully saturated rings. The molecule has 1 aromatic rings. The fraction of sp³-hybridized carbons (Fsp3) is 0.538. The van der Waals surface area contributed by atoms with Crippen molar-refractivity contribution in [3.8, 4) is 0 Å². The Labute approximate surface area is 109 Å².